The zero-order valence-corrected chi connectivity index (χ0v) is 19.3. The summed E-state index contributed by atoms with van der Waals surface area (Å²) in [7, 11) is 3.26. The third-order valence-corrected chi connectivity index (χ3v) is 5.70. The van der Waals surface area contributed by atoms with Gasteiger partial charge in [0.05, 0.1) is 14.2 Å². The lowest BCUT2D eigenvalue weighted by Gasteiger charge is -2.37. The van der Waals surface area contributed by atoms with Gasteiger partial charge in [0.15, 0.2) is 11.5 Å². The van der Waals surface area contributed by atoms with Crippen LogP contribution >= 0.6 is 0 Å². The van der Waals surface area contributed by atoms with Crippen LogP contribution in [0.5, 0.6) is 11.5 Å². The molecular weight excluding hydrogens is 398 g/mol. The number of methoxy groups -OCH3 is 2. The van der Waals surface area contributed by atoms with Crippen LogP contribution in [0, 0.1) is 0 Å². The number of benzene rings is 1. The largest absolute Gasteiger partial charge is 0.493 e. The molecule has 1 aromatic carbocycles. The molecular formula is C23H35N3O5. The van der Waals surface area contributed by atoms with Crippen molar-refractivity contribution in [3.8, 4) is 11.5 Å². The Morgan fingerprint density at radius 2 is 1.68 bits per heavy atom. The minimum absolute atomic E-state index is 0.0362. The van der Waals surface area contributed by atoms with E-state index in [1.165, 1.54) is 0 Å². The van der Waals surface area contributed by atoms with Crippen LogP contribution in [0.3, 0.4) is 0 Å². The Morgan fingerprint density at radius 3 is 2.29 bits per heavy atom. The van der Waals surface area contributed by atoms with Crippen LogP contribution in [-0.2, 0) is 16.1 Å². The summed E-state index contributed by atoms with van der Waals surface area (Å²) in [5.74, 6) is 1.47. The molecule has 2 fully saturated rings. The van der Waals surface area contributed by atoms with Crippen molar-refractivity contribution in [2.24, 2.45) is 0 Å². The molecule has 0 N–H and O–H groups in total. The second-order valence-corrected chi connectivity index (χ2v) is 9.12. The van der Waals surface area contributed by atoms with Gasteiger partial charge in [0.1, 0.15) is 11.6 Å². The highest BCUT2D eigenvalue weighted by Crippen LogP contribution is 2.28. The highest BCUT2D eigenvalue weighted by atomic mass is 16.6. The Labute approximate surface area is 185 Å². The number of carbonyl (C=O) groups excluding carboxylic acids is 2. The molecule has 3 rings (SSSR count). The number of ether oxygens (including phenoxy) is 3. The van der Waals surface area contributed by atoms with Crippen LogP contribution in [0.15, 0.2) is 18.2 Å². The molecule has 31 heavy (non-hydrogen) atoms. The summed E-state index contributed by atoms with van der Waals surface area (Å²) in [4.78, 5) is 31.5. The summed E-state index contributed by atoms with van der Waals surface area (Å²) in [5, 5.41) is 0. The first-order valence-electron chi connectivity index (χ1n) is 10.9. The number of rotatable bonds is 5. The average Bonchev–Trinajstić information content (AvgIpc) is 3.22. The van der Waals surface area contributed by atoms with Gasteiger partial charge in [-0.1, -0.05) is 6.07 Å². The summed E-state index contributed by atoms with van der Waals surface area (Å²) in [5.41, 5.74) is 0.576. The van der Waals surface area contributed by atoms with Crippen LogP contribution in [0.4, 0.5) is 4.79 Å². The third kappa shape index (κ3) is 5.81. The molecule has 2 saturated heterocycles. The zero-order valence-electron chi connectivity index (χ0n) is 19.3. The van der Waals surface area contributed by atoms with E-state index in [1.807, 2.05) is 43.9 Å². The molecule has 0 bridgehead atoms. The molecule has 0 saturated carbocycles. The van der Waals surface area contributed by atoms with E-state index in [4.69, 9.17) is 14.2 Å². The number of hydrogen-bond donors (Lipinski definition) is 0. The zero-order chi connectivity index (χ0) is 22.6. The highest BCUT2D eigenvalue weighted by Gasteiger charge is 2.39. The lowest BCUT2D eigenvalue weighted by Crippen LogP contribution is -2.54. The van der Waals surface area contributed by atoms with Gasteiger partial charge in [-0.15, -0.1) is 0 Å². The minimum Gasteiger partial charge on any atom is -0.493 e. The van der Waals surface area contributed by atoms with Gasteiger partial charge in [0.2, 0.25) is 5.91 Å². The fourth-order valence-corrected chi connectivity index (χ4v) is 4.14. The maximum Gasteiger partial charge on any atom is 0.410 e. The molecule has 2 amide bonds. The molecule has 2 aliphatic rings. The van der Waals surface area contributed by atoms with Crippen LogP contribution in [-0.4, -0.2) is 85.3 Å². The van der Waals surface area contributed by atoms with Gasteiger partial charge in [0, 0.05) is 39.3 Å². The molecule has 1 aromatic rings. The molecule has 1 atom stereocenters. The smallest absolute Gasteiger partial charge is 0.410 e. The van der Waals surface area contributed by atoms with E-state index in [9.17, 15) is 9.59 Å². The van der Waals surface area contributed by atoms with E-state index in [1.54, 1.807) is 19.1 Å². The van der Waals surface area contributed by atoms with Crippen molar-refractivity contribution in [1.82, 2.24) is 14.7 Å². The maximum absolute atomic E-state index is 13.1. The van der Waals surface area contributed by atoms with E-state index in [0.717, 1.165) is 37.4 Å². The number of amides is 2. The van der Waals surface area contributed by atoms with Crippen molar-refractivity contribution in [3.63, 3.8) is 0 Å². The number of piperazine rings is 1. The Balaban J connectivity index is 1.54. The first kappa shape index (κ1) is 23.2. The predicted octanol–water partition coefficient (Wildman–Crippen LogP) is 2.75. The van der Waals surface area contributed by atoms with Gasteiger partial charge in [-0.25, -0.2) is 4.79 Å². The molecule has 0 spiro atoms. The lowest BCUT2D eigenvalue weighted by molar-refractivity contribution is -0.137. The van der Waals surface area contributed by atoms with Gasteiger partial charge in [-0.2, -0.15) is 0 Å². The van der Waals surface area contributed by atoms with Crippen LogP contribution < -0.4 is 9.47 Å². The quantitative estimate of drug-likeness (QED) is 0.711. The number of hydrogen-bond acceptors (Lipinski definition) is 6. The van der Waals surface area contributed by atoms with Gasteiger partial charge in [-0.3, -0.25) is 14.6 Å². The highest BCUT2D eigenvalue weighted by molar-refractivity contribution is 5.86. The summed E-state index contributed by atoms with van der Waals surface area (Å²) in [6.07, 6.45) is 1.13. The van der Waals surface area contributed by atoms with Crippen molar-refractivity contribution in [3.05, 3.63) is 23.8 Å². The topological polar surface area (TPSA) is 71.6 Å². The SMILES string of the molecule is COc1ccc(CN2CCN(C(=O)C3CCCN3C(=O)OC(C)(C)C)CC2)cc1OC. The number of likely N-dealkylation sites (tertiary alicyclic amines) is 1. The van der Waals surface area contributed by atoms with E-state index < -0.39 is 17.7 Å². The fraction of sp³-hybridized carbons (Fsp3) is 0.652. The van der Waals surface area contributed by atoms with Crippen LogP contribution in [0.1, 0.15) is 39.2 Å². The first-order chi connectivity index (χ1) is 14.7. The average molecular weight is 434 g/mol. The van der Waals surface area contributed by atoms with Crippen molar-refractivity contribution < 1.29 is 23.8 Å². The van der Waals surface area contributed by atoms with Crippen molar-refractivity contribution in [1.29, 1.82) is 0 Å². The number of carbonyl (C=O) groups is 2. The normalized spacial score (nSPS) is 20.0. The molecule has 0 aromatic heterocycles. The Kier molecular flexibility index (Phi) is 7.30. The Morgan fingerprint density at radius 1 is 1.00 bits per heavy atom. The molecule has 1 unspecified atom stereocenters. The summed E-state index contributed by atoms with van der Waals surface area (Å²) in [6.45, 7) is 9.79. The van der Waals surface area contributed by atoms with Gasteiger partial charge in [0.25, 0.3) is 0 Å². The fourth-order valence-electron chi connectivity index (χ4n) is 4.14. The van der Waals surface area contributed by atoms with Crippen molar-refractivity contribution in [2.45, 2.75) is 51.8 Å². The summed E-state index contributed by atoms with van der Waals surface area (Å²) >= 11 is 0. The Hall–Kier alpha value is -2.48. The second-order valence-electron chi connectivity index (χ2n) is 9.12. The van der Waals surface area contributed by atoms with Gasteiger partial charge < -0.3 is 19.1 Å². The molecule has 8 heteroatoms. The second kappa shape index (κ2) is 9.77. The number of nitrogens with zero attached hydrogens (tertiary/aromatic N) is 3. The van der Waals surface area contributed by atoms with E-state index in [2.05, 4.69) is 4.90 Å². The molecule has 2 heterocycles. The third-order valence-electron chi connectivity index (χ3n) is 5.70. The standard InChI is InChI=1S/C23H35N3O5/c1-23(2,3)31-22(28)26-10-6-7-18(26)21(27)25-13-11-24(12-14-25)16-17-8-9-19(29-4)20(15-17)30-5/h8-9,15,18H,6-7,10-14,16H2,1-5H3. The minimum atomic E-state index is -0.566. The maximum atomic E-state index is 13.1. The van der Waals surface area contributed by atoms with Crippen molar-refractivity contribution in [2.75, 3.05) is 46.9 Å². The van der Waals surface area contributed by atoms with E-state index in [0.29, 0.717) is 31.8 Å². The van der Waals surface area contributed by atoms with Crippen molar-refractivity contribution >= 4 is 12.0 Å². The molecule has 172 valence electrons. The van der Waals surface area contributed by atoms with Crippen LogP contribution in [0.25, 0.3) is 0 Å². The molecule has 0 radical (unpaired) electrons. The van der Waals surface area contributed by atoms with Gasteiger partial charge in [-0.05, 0) is 51.3 Å². The van der Waals surface area contributed by atoms with Crippen LogP contribution in [0.2, 0.25) is 0 Å². The first-order valence-corrected chi connectivity index (χ1v) is 10.9. The molecule has 0 aliphatic carbocycles. The molecule has 2 aliphatic heterocycles. The summed E-state index contributed by atoms with van der Waals surface area (Å²) < 4.78 is 16.2. The van der Waals surface area contributed by atoms with Gasteiger partial charge >= 0.3 is 6.09 Å². The summed E-state index contributed by atoms with van der Waals surface area (Å²) in [6, 6.07) is 5.54. The molecule has 8 nitrogen and oxygen atoms in total. The predicted molar refractivity (Wildman–Crippen MR) is 117 cm³/mol. The Bertz CT molecular complexity index is 784. The lowest BCUT2D eigenvalue weighted by atomic mass is 10.1. The van der Waals surface area contributed by atoms with E-state index >= 15 is 0 Å². The monoisotopic (exact) mass is 433 g/mol. The van der Waals surface area contributed by atoms with E-state index in [-0.39, 0.29) is 5.91 Å².